The van der Waals surface area contributed by atoms with E-state index in [1.54, 1.807) is 0 Å². The SMILES string of the molecule is CC(Nc1nnc(CCN)o1)C1CCCC1. The van der Waals surface area contributed by atoms with Crippen LogP contribution in [-0.4, -0.2) is 22.8 Å². The van der Waals surface area contributed by atoms with Gasteiger partial charge in [0.15, 0.2) is 0 Å². The number of aromatic nitrogens is 2. The third-order valence-corrected chi connectivity index (χ3v) is 3.28. The maximum Gasteiger partial charge on any atom is 0.315 e. The highest BCUT2D eigenvalue weighted by molar-refractivity contribution is 5.19. The second-order valence-corrected chi connectivity index (χ2v) is 4.52. The molecule has 1 saturated carbocycles. The van der Waals surface area contributed by atoms with Crippen LogP contribution in [0.1, 0.15) is 38.5 Å². The molecule has 1 atom stereocenters. The van der Waals surface area contributed by atoms with Gasteiger partial charge in [-0.2, -0.15) is 0 Å². The lowest BCUT2D eigenvalue weighted by Crippen LogP contribution is -2.23. The topological polar surface area (TPSA) is 77.0 Å². The molecule has 1 aromatic heterocycles. The number of rotatable bonds is 5. The average molecular weight is 224 g/mol. The van der Waals surface area contributed by atoms with Gasteiger partial charge < -0.3 is 15.5 Å². The van der Waals surface area contributed by atoms with Crippen LogP contribution in [0.25, 0.3) is 0 Å². The third kappa shape index (κ3) is 2.72. The van der Waals surface area contributed by atoms with E-state index >= 15 is 0 Å². The third-order valence-electron chi connectivity index (χ3n) is 3.28. The summed E-state index contributed by atoms with van der Waals surface area (Å²) in [6.07, 6.45) is 5.94. The van der Waals surface area contributed by atoms with Crippen LogP contribution in [0.15, 0.2) is 4.42 Å². The quantitative estimate of drug-likeness (QED) is 0.793. The summed E-state index contributed by atoms with van der Waals surface area (Å²) in [6, 6.07) is 0.941. The maximum atomic E-state index is 5.44. The molecule has 0 bridgehead atoms. The van der Waals surface area contributed by atoms with E-state index < -0.39 is 0 Å². The Balaban J connectivity index is 1.87. The predicted molar refractivity (Wildman–Crippen MR) is 62.1 cm³/mol. The Morgan fingerprint density at radius 3 is 2.88 bits per heavy atom. The highest BCUT2D eigenvalue weighted by Gasteiger charge is 2.22. The number of nitrogens with one attached hydrogen (secondary N) is 1. The molecule has 1 aliphatic carbocycles. The summed E-state index contributed by atoms with van der Waals surface area (Å²) in [5.74, 6) is 1.36. The standard InChI is InChI=1S/C11H20N4O/c1-8(9-4-2-3-5-9)13-11-15-14-10(16-11)6-7-12/h8-9H,2-7,12H2,1H3,(H,13,15). The molecule has 0 radical (unpaired) electrons. The van der Waals surface area contributed by atoms with Crippen molar-refractivity contribution >= 4 is 6.01 Å². The number of hydrogen-bond donors (Lipinski definition) is 2. The van der Waals surface area contributed by atoms with Crippen molar-refractivity contribution in [2.45, 2.75) is 45.1 Å². The van der Waals surface area contributed by atoms with E-state index in [-0.39, 0.29) is 0 Å². The van der Waals surface area contributed by atoms with Crippen LogP contribution in [0.2, 0.25) is 0 Å². The van der Waals surface area contributed by atoms with Crippen LogP contribution in [0.3, 0.4) is 0 Å². The summed E-state index contributed by atoms with van der Waals surface area (Å²) in [5.41, 5.74) is 5.42. The minimum absolute atomic E-state index is 0.411. The van der Waals surface area contributed by atoms with E-state index in [4.69, 9.17) is 10.2 Å². The Morgan fingerprint density at radius 1 is 1.44 bits per heavy atom. The Bertz CT molecular complexity index is 320. The van der Waals surface area contributed by atoms with E-state index in [2.05, 4.69) is 22.4 Å². The highest BCUT2D eigenvalue weighted by Crippen LogP contribution is 2.28. The first kappa shape index (κ1) is 11.4. The predicted octanol–water partition coefficient (Wildman–Crippen LogP) is 1.56. The average Bonchev–Trinajstić information content (AvgIpc) is 2.89. The minimum Gasteiger partial charge on any atom is -0.408 e. The summed E-state index contributed by atoms with van der Waals surface area (Å²) in [6.45, 7) is 2.72. The molecule has 5 nitrogen and oxygen atoms in total. The van der Waals surface area contributed by atoms with Gasteiger partial charge in [-0.1, -0.05) is 17.9 Å². The fourth-order valence-electron chi connectivity index (χ4n) is 2.31. The van der Waals surface area contributed by atoms with Crippen LogP contribution < -0.4 is 11.1 Å². The van der Waals surface area contributed by atoms with Gasteiger partial charge in [0.05, 0.1) is 0 Å². The summed E-state index contributed by atoms with van der Waals surface area (Å²) < 4.78 is 5.44. The van der Waals surface area contributed by atoms with Crippen LogP contribution in [0.4, 0.5) is 6.01 Å². The fraction of sp³-hybridized carbons (Fsp3) is 0.818. The van der Waals surface area contributed by atoms with Gasteiger partial charge in [-0.05, 0) is 25.7 Å². The van der Waals surface area contributed by atoms with Gasteiger partial charge in [0.1, 0.15) is 0 Å². The first-order valence-electron chi connectivity index (χ1n) is 6.08. The van der Waals surface area contributed by atoms with Crippen LogP contribution in [-0.2, 0) is 6.42 Å². The molecule has 0 amide bonds. The van der Waals surface area contributed by atoms with E-state index in [0.717, 1.165) is 5.92 Å². The maximum absolute atomic E-state index is 5.44. The number of anilines is 1. The largest absolute Gasteiger partial charge is 0.408 e. The number of nitrogens with zero attached hydrogens (tertiary/aromatic N) is 2. The molecule has 1 fully saturated rings. The van der Waals surface area contributed by atoms with Crippen LogP contribution in [0.5, 0.6) is 0 Å². The van der Waals surface area contributed by atoms with Crippen molar-refractivity contribution < 1.29 is 4.42 Å². The normalized spacial score (nSPS) is 18.9. The zero-order valence-electron chi connectivity index (χ0n) is 9.78. The van der Waals surface area contributed by atoms with Gasteiger partial charge in [-0.15, -0.1) is 5.10 Å². The lowest BCUT2D eigenvalue weighted by Gasteiger charge is -2.18. The molecule has 0 spiro atoms. The summed E-state index contributed by atoms with van der Waals surface area (Å²) in [4.78, 5) is 0. The number of hydrogen-bond acceptors (Lipinski definition) is 5. The Morgan fingerprint density at radius 2 is 2.19 bits per heavy atom. The molecule has 0 saturated heterocycles. The van der Waals surface area contributed by atoms with Crippen LogP contribution in [0, 0.1) is 5.92 Å². The van der Waals surface area contributed by atoms with Crippen molar-refractivity contribution in [1.29, 1.82) is 0 Å². The monoisotopic (exact) mass is 224 g/mol. The zero-order valence-corrected chi connectivity index (χ0v) is 9.78. The van der Waals surface area contributed by atoms with Gasteiger partial charge in [-0.3, -0.25) is 0 Å². The Kier molecular flexibility index (Phi) is 3.77. The van der Waals surface area contributed by atoms with Crippen molar-refractivity contribution in [2.24, 2.45) is 11.7 Å². The first-order valence-corrected chi connectivity index (χ1v) is 6.08. The molecule has 5 heteroatoms. The highest BCUT2D eigenvalue weighted by atomic mass is 16.4. The van der Waals surface area contributed by atoms with E-state index in [1.807, 2.05) is 0 Å². The van der Waals surface area contributed by atoms with Crippen molar-refractivity contribution in [3.8, 4) is 0 Å². The molecular weight excluding hydrogens is 204 g/mol. The molecule has 1 aromatic rings. The van der Waals surface area contributed by atoms with E-state index in [0.29, 0.717) is 30.9 Å². The van der Waals surface area contributed by atoms with Crippen molar-refractivity contribution in [3.05, 3.63) is 5.89 Å². The molecule has 1 aliphatic rings. The Hall–Kier alpha value is -1.10. The molecule has 0 aliphatic heterocycles. The van der Waals surface area contributed by atoms with Crippen LogP contribution >= 0.6 is 0 Å². The second-order valence-electron chi connectivity index (χ2n) is 4.52. The number of nitrogens with two attached hydrogens (primary N) is 1. The summed E-state index contributed by atoms with van der Waals surface area (Å²) in [5, 5.41) is 11.2. The summed E-state index contributed by atoms with van der Waals surface area (Å²) in [7, 11) is 0. The fourth-order valence-corrected chi connectivity index (χ4v) is 2.31. The van der Waals surface area contributed by atoms with Gasteiger partial charge >= 0.3 is 6.01 Å². The first-order chi connectivity index (χ1) is 7.79. The molecule has 2 rings (SSSR count). The van der Waals surface area contributed by atoms with E-state index in [9.17, 15) is 0 Å². The van der Waals surface area contributed by atoms with Crippen molar-refractivity contribution in [1.82, 2.24) is 10.2 Å². The van der Waals surface area contributed by atoms with Crippen molar-refractivity contribution in [2.75, 3.05) is 11.9 Å². The summed E-state index contributed by atoms with van der Waals surface area (Å²) >= 11 is 0. The lowest BCUT2D eigenvalue weighted by atomic mass is 10.0. The van der Waals surface area contributed by atoms with Gasteiger partial charge in [0.25, 0.3) is 0 Å². The molecule has 16 heavy (non-hydrogen) atoms. The molecule has 1 heterocycles. The Labute approximate surface area is 95.8 Å². The van der Waals surface area contributed by atoms with Gasteiger partial charge in [0, 0.05) is 19.0 Å². The molecule has 1 unspecified atom stereocenters. The molecule has 0 aromatic carbocycles. The molecular formula is C11H20N4O. The molecule has 3 N–H and O–H groups in total. The second kappa shape index (κ2) is 5.30. The van der Waals surface area contributed by atoms with Gasteiger partial charge in [-0.25, -0.2) is 0 Å². The van der Waals surface area contributed by atoms with Crippen molar-refractivity contribution in [3.63, 3.8) is 0 Å². The smallest absolute Gasteiger partial charge is 0.315 e. The zero-order chi connectivity index (χ0) is 11.4. The van der Waals surface area contributed by atoms with Gasteiger partial charge in [0.2, 0.25) is 5.89 Å². The minimum atomic E-state index is 0.411. The lowest BCUT2D eigenvalue weighted by molar-refractivity contribution is 0.452. The van der Waals surface area contributed by atoms with E-state index in [1.165, 1.54) is 25.7 Å². The molecule has 90 valence electrons.